The first-order valence-electron chi connectivity index (χ1n) is 6.20. The van der Waals surface area contributed by atoms with Crippen LogP contribution in [0.3, 0.4) is 0 Å². The van der Waals surface area contributed by atoms with Crippen molar-refractivity contribution >= 4 is 0 Å². The van der Waals surface area contributed by atoms with Gasteiger partial charge in [-0.1, -0.05) is 0 Å². The summed E-state index contributed by atoms with van der Waals surface area (Å²) in [6.07, 6.45) is 1.58. The standard InChI is InChI=1S/C13H21NO5/c1-16-4-5-17-6-7-18-8-9-19-13-3-2-12(11-15)14-10-13/h2-3,10,15H,4-9,11H2,1H3. The summed E-state index contributed by atoms with van der Waals surface area (Å²) in [6.45, 7) is 3.16. The van der Waals surface area contributed by atoms with E-state index < -0.39 is 0 Å². The van der Waals surface area contributed by atoms with E-state index in [9.17, 15) is 0 Å². The van der Waals surface area contributed by atoms with Gasteiger partial charge in [0.2, 0.25) is 0 Å². The first kappa shape index (κ1) is 15.8. The lowest BCUT2D eigenvalue weighted by atomic mass is 10.3. The molecule has 0 aliphatic carbocycles. The number of aromatic nitrogens is 1. The maximum absolute atomic E-state index is 8.84. The van der Waals surface area contributed by atoms with Gasteiger partial charge in [0.15, 0.2) is 0 Å². The molecule has 0 fully saturated rings. The highest BCUT2D eigenvalue weighted by atomic mass is 16.6. The molecule has 0 radical (unpaired) electrons. The van der Waals surface area contributed by atoms with Gasteiger partial charge >= 0.3 is 0 Å². The van der Waals surface area contributed by atoms with Crippen molar-refractivity contribution in [2.75, 3.05) is 46.8 Å². The normalized spacial score (nSPS) is 10.6. The van der Waals surface area contributed by atoms with Crippen LogP contribution in [0, 0.1) is 0 Å². The minimum Gasteiger partial charge on any atom is -0.490 e. The summed E-state index contributed by atoms with van der Waals surface area (Å²) in [7, 11) is 1.64. The summed E-state index contributed by atoms with van der Waals surface area (Å²) in [4.78, 5) is 4.01. The van der Waals surface area contributed by atoms with E-state index in [0.29, 0.717) is 51.1 Å². The average Bonchev–Trinajstić information content (AvgIpc) is 2.46. The summed E-state index contributed by atoms with van der Waals surface area (Å²) >= 11 is 0. The maximum atomic E-state index is 8.84. The molecule has 0 aliphatic rings. The monoisotopic (exact) mass is 271 g/mol. The van der Waals surface area contributed by atoms with Crippen LogP contribution in [0.25, 0.3) is 0 Å². The molecule has 6 heteroatoms. The van der Waals surface area contributed by atoms with Gasteiger partial charge in [0.25, 0.3) is 0 Å². The van der Waals surface area contributed by atoms with Gasteiger partial charge in [0.1, 0.15) is 12.4 Å². The molecule has 1 aromatic heterocycles. The molecule has 0 saturated heterocycles. The van der Waals surface area contributed by atoms with Crippen LogP contribution in [0.4, 0.5) is 0 Å². The van der Waals surface area contributed by atoms with Gasteiger partial charge in [0.05, 0.1) is 51.5 Å². The van der Waals surface area contributed by atoms with Gasteiger partial charge in [-0.2, -0.15) is 0 Å². The van der Waals surface area contributed by atoms with Crippen molar-refractivity contribution in [1.29, 1.82) is 0 Å². The van der Waals surface area contributed by atoms with Crippen LogP contribution in [0.2, 0.25) is 0 Å². The Morgan fingerprint density at radius 3 is 2.26 bits per heavy atom. The third kappa shape index (κ3) is 7.74. The summed E-state index contributed by atoms with van der Waals surface area (Å²) in [5.74, 6) is 0.664. The average molecular weight is 271 g/mol. The first-order chi connectivity index (χ1) is 9.36. The lowest BCUT2D eigenvalue weighted by Gasteiger charge is -2.07. The van der Waals surface area contributed by atoms with Crippen LogP contribution in [0.15, 0.2) is 18.3 Å². The van der Waals surface area contributed by atoms with Crippen LogP contribution in [0.1, 0.15) is 5.69 Å². The van der Waals surface area contributed by atoms with E-state index >= 15 is 0 Å². The minimum atomic E-state index is -0.0630. The number of pyridine rings is 1. The zero-order chi connectivity index (χ0) is 13.8. The fourth-order valence-corrected chi connectivity index (χ4v) is 1.27. The zero-order valence-corrected chi connectivity index (χ0v) is 11.2. The number of ether oxygens (including phenoxy) is 4. The second kappa shape index (κ2) is 10.7. The van der Waals surface area contributed by atoms with E-state index in [0.717, 1.165) is 0 Å². The zero-order valence-electron chi connectivity index (χ0n) is 11.2. The van der Waals surface area contributed by atoms with Crippen LogP contribution in [0.5, 0.6) is 5.75 Å². The second-order valence-electron chi connectivity index (χ2n) is 3.71. The van der Waals surface area contributed by atoms with E-state index in [1.165, 1.54) is 0 Å². The molecule has 0 amide bonds. The van der Waals surface area contributed by atoms with Crippen LogP contribution >= 0.6 is 0 Å². The van der Waals surface area contributed by atoms with E-state index in [-0.39, 0.29) is 6.61 Å². The van der Waals surface area contributed by atoms with Gasteiger partial charge in [0, 0.05) is 7.11 Å². The highest BCUT2D eigenvalue weighted by molar-refractivity contribution is 5.19. The molecule has 0 saturated carbocycles. The Hall–Kier alpha value is -1.21. The second-order valence-corrected chi connectivity index (χ2v) is 3.71. The molecule has 0 unspecified atom stereocenters. The quantitative estimate of drug-likeness (QED) is 0.595. The van der Waals surface area contributed by atoms with Gasteiger partial charge in [-0.15, -0.1) is 0 Å². The lowest BCUT2D eigenvalue weighted by molar-refractivity contribution is 0.0179. The number of nitrogens with zero attached hydrogens (tertiary/aromatic N) is 1. The number of aliphatic hydroxyl groups is 1. The molecule has 1 heterocycles. The minimum absolute atomic E-state index is 0.0630. The van der Waals surface area contributed by atoms with Gasteiger partial charge in [-0.3, -0.25) is 4.98 Å². The molecule has 1 rings (SSSR count). The third-order valence-corrected chi connectivity index (χ3v) is 2.26. The van der Waals surface area contributed by atoms with Gasteiger partial charge < -0.3 is 24.1 Å². The van der Waals surface area contributed by atoms with Crippen LogP contribution in [-0.4, -0.2) is 56.8 Å². The largest absolute Gasteiger partial charge is 0.490 e. The number of hydrogen-bond donors (Lipinski definition) is 1. The number of methoxy groups -OCH3 is 1. The van der Waals surface area contributed by atoms with Crippen molar-refractivity contribution < 1.29 is 24.1 Å². The summed E-state index contributed by atoms with van der Waals surface area (Å²) in [5.41, 5.74) is 0.622. The molecule has 6 nitrogen and oxygen atoms in total. The molecule has 0 bridgehead atoms. The molecule has 0 aliphatic heterocycles. The Morgan fingerprint density at radius 1 is 1.00 bits per heavy atom. The fraction of sp³-hybridized carbons (Fsp3) is 0.615. The molecule has 19 heavy (non-hydrogen) atoms. The first-order valence-corrected chi connectivity index (χ1v) is 6.20. The Balaban J connectivity index is 1.95. The summed E-state index contributed by atoms with van der Waals surface area (Å²) in [6, 6.07) is 3.49. The molecule has 1 N–H and O–H groups in total. The number of hydrogen-bond acceptors (Lipinski definition) is 6. The Labute approximate surface area is 113 Å². The van der Waals surface area contributed by atoms with E-state index in [2.05, 4.69) is 4.98 Å². The van der Waals surface area contributed by atoms with Gasteiger partial charge in [-0.25, -0.2) is 0 Å². The number of rotatable bonds is 11. The predicted octanol–water partition coefficient (Wildman–Crippen LogP) is 0.632. The lowest BCUT2D eigenvalue weighted by Crippen LogP contribution is -2.12. The highest BCUT2D eigenvalue weighted by Crippen LogP contribution is 2.08. The molecule has 0 aromatic carbocycles. The number of aliphatic hydroxyl groups excluding tert-OH is 1. The predicted molar refractivity (Wildman–Crippen MR) is 69.2 cm³/mol. The van der Waals surface area contributed by atoms with Crippen molar-refractivity contribution in [2.45, 2.75) is 6.61 Å². The molecule has 0 spiro atoms. The van der Waals surface area contributed by atoms with E-state index in [4.69, 9.17) is 24.1 Å². The van der Waals surface area contributed by atoms with Crippen molar-refractivity contribution in [2.24, 2.45) is 0 Å². The van der Waals surface area contributed by atoms with Crippen molar-refractivity contribution in [3.8, 4) is 5.75 Å². The highest BCUT2D eigenvalue weighted by Gasteiger charge is 1.96. The smallest absolute Gasteiger partial charge is 0.137 e. The Morgan fingerprint density at radius 2 is 1.68 bits per heavy atom. The fourth-order valence-electron chi connectivity index (χ4n) is 1.27. The Bertz CT molecular complexity index is 317. The molecular formula is C13H21NO5. The van der Waals surface area contributed by atoms with Crippen molar-refractivity contribution in [3.63, 3.8) is 0 Å². The Kier molecular flexibility index (Phi) is 8.91. The van der Waals surface area contributed by atoms with E-state index in [1.807, 2.05) is 0 Å². The third-order valence-electron chi connectivity index (χ3n) is 2.26. The maximum Gasteiger partial charge on any atom is 0.137 e. The van der Waals surface area contributed by atoms with Gasteiger partial charge in [-0.05, 0) is 12.1 Å². The van der Waals surface area contributed by atoms with Crippen LogP contribution in [-0.2, 0) is 20.8 Å². The summed E-state index contributed by atoms with van der Waals surface area (Å²) < 4.78 is 20.8. The molecule has 108 valence electrons. The molecular weight excluding hydrogens is 250 g/mol. The SMILES string of the molecule is COCCOCCOCCOc1ccc(CO)nc1. The topological polar surface area (TPSA) is 70.0 Å². The molecule has 1 aromatic rings. The van der Waals surface area contributed by atoms with E-state index in [1.54, 1.807) is 25.4 Å². The van der Waals surface area contributed by atoms with Crippen molar-refractivity contribution in [3.05, 3.63) is 24.0 Å². The summed E-state index contributed by atoms with van der Waals surface area (Å²) in [5, 5.41) is 8.84. The van der Waals surface area contributed by atoms with Crippen molar-refractivity contribution in [1.82, 2.24) is 4.98 Å². The van der Waals surface area contributed by atoms with Crippen LogP contribution < -0.4 is 4.74 Å². The molecule has 0 atom stereocenters.